The first-order valence-corrected chi connectivity index (χ1v) is 9.39. The zero-order valence-corrected chi connectivity index (χ0v) is 17.4. The Balaban J connectivity index is 3.94. The molecule has 4 nitrogen and oxygen atoms in total. The number of methoxy groups -OCH3 is 1. The molecule has 1 amide bonds. The first kappa shape index (κ1) is 23.4. The van der Waals surface area contributed by atoms with Gasteiger partial charge in [-0.05, 0) is 58.8 Å². The van der Waals surface area contributed by atoms with Crippen molar-refractivity contribution in [3.05, 3.63) is 0 Å². The highest BCUT2D eigenvalue weighted by Crippen LogP contribution is 2.26. The Kier molecular flexibility index (Phi) is 10.1. The Morgan fingerprint density at radius 1 is 0.958 bits per heavy atom. The van der Waals surface area contributed by atoms with Gasteiger partial charge in [-0.15, -0.1) is 0 Å². The molecule has 0 spiro atoms. The van der Waals surface area contributed by atoms with Crippen LogP contribution in [0.2, 0.25) is 0 Å². The van der Waals surface area contributed by atoms with E-state index in [1.807, 2.05) is 0 Å². The van der Waals surface area contributed by atoms with Crippen LogP contribution >= 0.6 is 0 Å². The van der Waals surface area contributed by atoms with Gasteiger partial charge < -0.3 is 14.8 Å². The third-order valence-electron chi connectivity index (χ3n) is 4.59. The largest absolute Gasteiger partial charge is 0.379 e. The second-order valence-corrected chi connectivity index (χ2v) is 8.87. The average Bonchev–Trinajstić information content (AvgIpc) is 2.42. The molecule has 4 heteroatoms. The summed E-state index contributed by atoms with van der Waals surface area (Å²) in [4.78, 5) is 12.0. The van der Waals surface area contributed by atoms with Gasteiger partial charge in [-0.25, -0.2) is 0 Å². The molecular weight excluding hydrogens is 302 g/mol. The van der Waals surface area contributed by atoms with Gasteiger partial charge in [0.25, 0.3) is 0 Å². The van der Waals surface area contributed by atoms with Crippen molar-refractivity contribution in [3.8, 4) is 0 Å². The minimum atomic E-state index is -0.171. The van der Waals surface area contributed by atoms with Crippen LogP contribution in [-0.4, -0.2) is 37.4 Å². The van der Waals surface area contributed by atoms with Gasteiger partial charge in [-0.3, -0.25) is 4.79 Å². The number of ether oxygens (including phenoxy) is 2. The minimum Gasteiger partial charge on any atom is -0.379 e. The SMILES string of the molecule is CCCC(C)(C)CC(=O)NCCCC(C)(C)OCCC(C)(C)OC. The van der Waals surface area contributed by atoms with Crippen molar-refractivity contribution in [2.75, 3.05) is 20.3 Å². The molecule has 0 heterocycles. The molecule has 0 aromatic rings. The molecule has 0 bridgehead atoms. The number of carbonyl (C=O) groups excluding carboxylic acids is 1. The van der Waals surface area contributed by atoms with Gasteiger partial charge in [0, 0.05) is 20.1 Å². The zero-order valence-electron chi connectivity index (χ0n) is 17.4. The molecule has 24 heavy (non-hydrogen) atoms. The lowest BCUT2D eigenvalue weighted by Gasteiger charge is -2.29. The first-order valence-electron chi connectivity index (χ1n) is 9.39. The highest BCUT2D eigenvalue weighted by atomic mass is 16.5. The molecule has 0 saturated heterocycles. The fourth-order valence-electron chi connectivity index (χ4n) is 2.75. The Morgan fingerprint density at radius 2 is 1.58 bits per heavy atom. The predicted molar refractivity (Wildman–Crippen MR) is 101 cm³/mol. The van der Waals surface area contributed by atoms with Gasteiger partial charge in [0.05, 0.1) is 17.8 Å². The van der Waals surface area contributed by atoms with Crippen molar-refractivity contribution in [1.82, 2.24) is 5.32 Å². The smallest absolute Gasteiger partial charge is 0.220 e. The van der Waals surface area contributed by atoms with Gasteiger partial charge in [0.2, 0.25) is 5.91 Å². The van der Waals surface area contributed by atoms with Crippen LogP contribution in [0.3, 0.4) is 0 Å². The molecule has 0 radical (unpaired) electrons. The van der Waals surface area contributed by atoms with Crippen LogP contribution in [-0.2, 0) is 14.3 Å². The lowest BCUT2D eigenvalue weighted by atomic mass is 9.84. The van der Waals surface area contributed by atoms with Crippen molar-refractivity contribution in [1.29, 1.82) is 0 Å². The van der Waals surface area contributed by atoms with Crippen LogP contribution in [0.4, 0.5) is 0 Å². The van der Waals surface area contributed by atoms with E-state index in [0.717, 1.165) is 38.6 Å². The number of carbonyl (C=O) groups is 1. The summed E-state index contributed by atoms with van der Waals surface area (Å²) in [5, 5.41) is 3.04. The Bertz CT molecular complexity index is 362. The molecular formula is C20H41NO3. The molecule has 1 N–H and O–H groups in total. The van der Waals surface area contributed by atoms with Crippen LogP contribution in [0.5, 0.6) is 0 Å². The number of rotatable bonds is 13. The van der Waals surface area contributed by atoms with E-state index < -0.39 is 0 Å². The van der Waals surface area contributed by atoms with E-state index in [4.69, 9.17) is 9.47 Å². The number of nitrogens with one attached hydrogen (secondary N) is 1. The maximum absolute atomic E-state index is 12.0. The van der Waals surface area contributed by atoms with Crippen LogP contribution in [0.15, 0.2) is 0 Å². The van der Waals surface area contributed by atoms with E-state index >= 15 is 0 Å². The van der Waals surface area contributed by atoms with Crippen LogP contribution in [0, 0.1) is 5.41 Å². The van der Waals surface area contributed by atoms with E-state index in [0.29, 0.717) is 13.0 Å². The van der Waals surface area contributed by atoms with Gasteiger partial charge >= 0.3 is 0 Å². The van der Waals surface area contributed by atoms with E-state index in [1.165, 1.54) is 0 Å². The fraction of sp³-hybridized carbons (Fsp3) is 0.950. The van der Waals surface area contributed by atoms with Crippen LogP contribution < -0.4 is 5.32 Å². The van der Waals surface area contributed by atoms with Gasteiger partial charge in [-0.1, -0.05) is 27.2 Å². The van der Waals surface area contributed by atoms with Crippen LogP contribution in [0.25, 0.3) is 0 Å². The molecule has 144 valence electrons. The summed E-state index contributed by atoms with van der Waals surface area (Å²) in [7, 11) is 1.73. The summed E-state index contributed by atoms with van der Waals surface area (Å²) in [6.07, 6.45) is 5.54. The lowest BCUT2D eigenvalue weighted by Crippen LogP contribution is -2.32. The molecule has 0 aliphatic heterocycles. The minimum absolute atomic E-state index is 0.0926. The Labute approximate surface area is 150 Å². The predicted octanol–water partition coefficient (Wildman–Crippen LogP) is 4.71. The van der Waals surface area contributed by atoms with Gasteiger partial charge in [-0.2, -0.15) is 0 Å². The highest BCUT2D eigenvalue weighted by molar-refractivity contribution is 5.76. The normalized spacial score (nSPS) is 13.2. The molecule has 0 saturated carbocycles. The molecule has 0 fully saturated rings. The molecule has 0 aliphatic rings. The maximum atomic E-state index is 12.0. The van der Waals surface area contributed by atoms with Crippen LogP contribution in [0.1, 0.15) is 87.0 Å². The standard InChI is InChI=1S/C20H41NO3/c1-9-11-18(2,3)16-17(22)21-14-10-12-20(6,7)24-15-13-19(4,5)23-8/h9-16H2,1-8H3,(H,21,22). The quantitative estimate of drug-likeness (QED) is 0.493. The van der Waals surface area contributed by atoms with Gasteiger partial charge in [0.15, 0.2) is 0 Å². The number of hydrogen-bond acceptors (Lipinski definition) is 3. The third kappa shape index (κ3) is 11.9. The number of amides is 1. The summed E-state index contributed by atoms with van der Waals surface area (Å²) >= 11 is 0. The number of hydrogen-bond donors (Lipinski definition) is 1. The summed E-state index contributed by atoms with van der Waals surface area (Å²) in [5.41, 5.74) is -0.221. The van der Waals surface area contributed by atoms with Crippen molar-refractivity contribution in [2.24, 2.45) is 5.41 Å². The van der Waals surface area contributed by atoms with E-state index in [1.54, 1.807) is 7.11 Å². The Hall–Kier alpha value is -0.610. The summed E-state index contributed by atoms with van der Waals surface area (Å²) in [6, 6.07) is 0. The molecule has 0 aliphatic carbocycles. The van der Waals surface area contributed by atoms with Crippen molar-refractivity contribution >= 4 is 5.91 Å². The monoisotopic (exact) mass is 343 g/mol. The summed E-state index contributed by atoms with van der Waals surface area (Å²) in [6.45, 7) is 16.2. The average molecular weight is 344 g/mol. The van der Waals surface area contributed by atoms with Crippen molar-refractivity contribution < 1.29 is 14.3 Å². The van der Waals surface area contributed by atoms with E-state index in [2.05, 4.69) is 53.8 Å². The molecule has 0 aromatic carbocycles. The second kappa shape index (κ2) is 10.4. The third-order valence-corrected chi connectivity index (χ3v) is 4.59. The van der Waals surface area contributed by atoms with Crippen molar-refractivity contribution in [3.63, 3.8) is 0 Å². The van der Waals surface area contributed by atoms with E-state index in [-0.39, 0.29) is 22.5 Å². The zero-order chi connectivity index (χ0) is 18.9. The lowest BCUT2D eigenvalue weighted by molar-refractivity contribution is -0.123. The summed E-state index contributed by atoms with van der Waals surface area (Å²) < 4.78 is 11.4. The maximum Gasteiger partial charge on any atom is 0.220 e. The molecule has 0 aromatic heterocycles. The molecule has 0 rings (SSSR count). The van der Waals surface area contributed by atoms with E-state index in [9.17, 15) is 4.79 Å². The Morgan fingerprint density at radius 3 is 2.12 bits per heavy atom. The highest BCUT2D eigenvalue weighted by Gasteiger charge is 2.23. The fourth-order valence-corrected chi connectivity index (χ4v) is 2.75. The first-order chi connectivity index (χ1) is 10.9. The molecule has 0 unspecified atom stereocenters. The van der Waals surface area contributed by atoms with Crippen molar-refractivity contribution in [2.45, 2.75) is 98.2 Å². The topological polar surface area (TPSA) is 47.6 Å². The van der Waals surface area contributed by atoms with Gasteiger partial charge in [0.1, 0.15) is 0 Å². The second-order valence-electron chi connectivity index (χ2n) is 8.87. The summed E-state index contributed by atoms with van der Waals surface area (Å²) in [5.74, 6) is 0.161. The molecule has 0 atom stereocenters.